The summed E-state index contributed by atoms with van der Waals surface area (Å²) < 4.78 is 7.75. The van der Waals surface area contributed by atoms with Gasteiger partial charge in [-0.05, 0) is 60.1 Å². The van der Waals surface area contributed by atoms with Crippen molar-refractivity contribution in [2.24, 2.45) is 4.99 Å². The van der Waals surface area contributed by atoms with Gasteiger partial charge in [0, 0.05) is 17.3 Å². The van der Waals surface area contributed by atoms with Gasteiger partial charge in [-0.3, -0.25) is 14.4 Å². The standard InChI is InChI=1S/C16H16BrClN2O2/c1-11(2)19-15-5-3-4-8-20(15)16(21)10-22-14-7-6-12(18)9-13(14)17/h3-9,11H,10H2,1-2H3. The molecular formula is C16H16BrClN2O2. The molecule has 22 heavy (non-hydrogen) atoms. The van der Waals surface area contributed by atoms with Gasteiger partial charge < -0.3 is 4.74 Å². The summed E-state index contributed by atoms with van der Waals surface area (Å²) in [7, 11) is 0. The minimum absolute atomic E-state index is 0.0878. The van der Waals surface area contributed by atoms with E-state index < -0.39 is 0 Å². The van der Waals surface area contributed by atoms with Crippen molar-refractivity contribution in [3.63, 3.8) is 0 Å². The minimum atomic E-state index is -0.193. The Hall–Kier alpha value is -1.59. The van der Waals surface area contributed by atoms with Crippen LogP contribution in [0.2, 0.25) is 5.02 Å². The fourth-order valence-electron chi connectivity index (χ4n) is 1.82. The highest BCUT2D eigenvalue weighted by Gasteiger charge is 2.09. The van der Waals surface area contributed by atoms with Crippen LogP contribution in [0.25, 0.3) is 0 Å². The summed E-state index contributed by atoms with van der Waals surface area (Å²) >= 11 is 9.23. The molecule has 0 aliphatic rings. The zero-order chi connectivity index (χ0) is 16.1. The molecule has 0 fully saturated rings. The van der Waals surface area contributed by atoms with Crippen LogP contribution >= 0.6 is 27.5 Å². The number of benzene rings is 1. The molecule has 0 spiro atoms. The Labute approximate surface area is 142 Å². The number of hydrogen-bond donors (Lipinski definition) is 0. The van der Waals surface area contributed by atoms with Crippen LogP contribution in [-0.2, 0) is 0 Å². The fraction of sp³-hybridized carbons (Fsp3) is 0.250. The van der Waals surface area contributed by atoms with Crippen molar-refractivity contribution in [2.45, 2.75) is 19.9 Å². The average molecular weight is 384 g/mol. The number of aromatic nitrogens is 1. The van der Waals surface area contributed by atoms with Gasteiger partial charge in [0.25, 0.3) is 5.91 Å². The topological polar surface area (TPSA) is 43.6 Å². The molecule has 0 atom stereocenters. The minimum Gasteiger partial charge on any atom is -0.483 e. The van der Waals surface area contributed by atoms with E-state index in [2.05, 4.69) is 20.9 Å². The Kier molecular flexibility index (Phi) is 5.80. The van der Waals surface area contributed by atoms with Crippen LogP contribution in [0.5, 0.6) is 5.75 Å². The fourth-order valence-corrected chi connectivity index (χ4v) is 2.61. The van der Waals surface area contributed by atoms with Crippen LogP contribution in [0, 0.1) is 0 Å². The summed E-state index contributed by atoms with van der Waals surface area (Å²) in [5, 5.41) is 0.598. The first-order chi connectivity index (χ1) is 10.5. The predicted octanol–water partition coefficient (Wildman–Crippen LogP) is 3.93. The summed E-state index contributed by atoms with van der Waals surface area (Å²) in [5.74, 6) is 0.374. The van der Waals surface area contributed by atoms with Crippen molar-refractivity contribution in [1.82, 2.24) is 4.57 Å². The zero-order valence-corrected chi connectivity index (χ0v) is 14.6. The van der Waals surface area contributed by atoms with Crippen molar-refractivity contribution in [2.75, 3.05) is 6.61 Å². The summed E-state index contributed by atoms with van der Waals surface area (Å²) in [6.07, 6.45) is 1.68. The van der Waals surface area contributed by atoms with Crippen molar-refractivity contribution < 1.29 is 9.53 Å². The van der Waals surface area contributed by atoms with Gasteiger partial charge in [0.15, 0.2) is 6.61 Å². The van der Waals surface area contributed by atoms with E-state index in [0.717, 1.165) is 0 Å². The zero-order valence-electron chi connectivity index (χ0n) is 12.3. The van der Waals surface area contributed by atoms with Gasteiger partial charge in [-0.2, -0.15) is 0 Å². The lowest BCUT2D eigenvalue weighted by molar-refractivity contribution is 0.0831. The van der Waals surface area contributed by atoms with Gasteiger partial charge in [-0.15, -0.1) is 0 Å². The second kappa shape index (κ2) is 7.61. The first kappa shape index (κ1) is 16.8. The lowest BCUT2D eigenvalue weighted by Gasteiger charge is -2.10. The van der Waals surface area contributed by atoms with Crippen molar-refractivity contribution in [3.8, 4) is 5.75 Å². The predicted molar refractivity (Wildman–Crippen MR) is 90.4 cm³/mol. The summed E-state index contributed by atoms with van der Waals surface area (Å²) in [5.41, 5.74) is 0.612. The number of nitrogens with zero attached hydrogens (tertiary/aromatic N) is 2. The lowest BCUT2D eigenvalue weighted by atomic mass is 10.3. The van der Waals surface area contributed by atoms with Crippen LogP contribution in [0.3, 0.4) is 0 Å². The van der Waals surface area contributed by atoms with E-state index in [1.807, 2.05) is 19.9 Å². The number of halogens is 2. The third-order valence-corrected chi connectivity index (χ3v) is 3.60. The van der Waals surface area contributed by atoms with E-state index in [9.17, 15) is 4.79 Å². The van der Waals surface area contributed by atoms with E-state index >= 15 is 0 Å². The maximum absolute atomic E-state index is 12.3. The van der Waals surface area contributed by atoms with Gasteiger partial charge in [0.2, 0.25) is 0 Å². The third-order valence-electron chi connectivity index (χ3n) is 2.74. The normalized spacial score (nSPS) is 11.8. The van der Waals surface area contributed by atoms with E-state index in [4.69, 9.17) is 16.3 Å². The molecule has 0 radical (unpaired) electrons. The quantitative estimate of drug-likeness (QED) is 0.803. The number of ether oxygens (including phenoxy) is 1. The van der Waals surface area contributed by atoms with E-state index in [-0.39, 0.29) is 18.6 Å². The molecule has 2 rings (SSSR count). The second-order valence-electron chi connectivity index (χ2n) is 4.91. The van der Waals surface area contributed by atoms with Crippen molar-refractivity contribution >= 4 is 33.4 Å². The molecular weight excluding hydrogens is 368 g/mol. The van der Waals surface area contributed by atoms with Crippen LogP contribution in [0.4, 0.5) is 0 Å². The Morgan fingerprint density at radius 3 is 2.82 bits per heavy atom. The maximum Gasteiger partial charge on any atom is 0.270 e. The molecule has 2 aromatic rings. The van der Waals surface area contributed by atoms with Gasteiger partial charge in [-0.1, -0.05) is 17.7 Å². The monoisotopic (exact) mass is 382 g/mol. The first-order valence-corrected chi connectivity index (χ1v) is 7.97. The Morgan fingerprint density at radius 1 is 1.36 bits per heavy atom. The number of carbonyl (C=O) groups is 1. The van der Waals surface area contributed by atoms with Crippen LogP contribution in [0.1, 0.15) is 18.6 Å². The number of hydrogen-bond acceptors (Lipinski definition) is 3. The van der Waals surface area contributed by atoms with Crippen LogP contribution in [-0.4, -0.2) is 23.1 Å². The van der Waals surface area contributed by atoms with Crippen molar-refractivity contribution in [3.05, 3.63) is 57.6 Å². The molecule has 1 heterocycles. The largest absolute Gasteiger partial charge is 0.483 e. The van der Waals surface area contributed by atoms with Gasteiger partial charge in [0.05, 0.1) is 4.47 Å². The highest BCUT2D eigenvalue weighted by atomic mass is 79.9. The van der Waals surface area contributed by atoms with Gasteiger partial charge >= 0.3 is 0 Å². The molecule has 4 nitrogen and oxygen atoms in total. The molecule has 0 unspecified atom stereocenters. The van der Waals surface area contributed by atoms with Crippen LogP contribution in [0.15, 0.2) is 52.1 Å². The van der Waals surface area contributed by atoms with E-state index in [1.165, 1.54) is 4.57 Å². The molecule has 0 aliphatic carbocycles. The molecule has 0 bridgehead atoms. The Bertz CT molecular complexity index is 741. The number of carbonyl (C=O) groups excluding carboxylic acids is 1. The molecule has 0 N–H and O–H groups in total. The molecule has 1 aromatic carbocycles. The molecule has 0 amide bonds. The molecule has 116 valence electrons. The smallest absolute Gasteiger partial charge is 0.270 e. The molecule has 6 heteroatoms. The first-order valence-electron chi connectivity index (χ1n) is 6.80. The van der Waals surface area contributed by atoms with E-state index in [1.54, 1.807) is 36.5 Å². The molecule has 1 aromatic heterocycles. The molecule has 0 saturated carbocycles. The Balaban J connectivity index is 2.17. The maximum atomic E-state index is 12.3. The number of rotatable bonds is 4. The molecule has 0 saturated heterocycles. The average Bonchev–Trinajstić information content (AvgIpc) is 2.46. The third kappa shape index (κ3) is 4.45. The van der Waals surface area contributed by atoms with Crippen molar-refractivity contribution in [1.29, 1.82) is 0 Å². The summed E-state index contributed by atoms with van der Waals surface area (Å²) in [6, 6.07) is 10.7. The SMILES string of the molecule is CC(C)N=c1ccccn1C(=O)COc1ccc(Cl)cc1Br. The van der Waals surface area contributed by atoms with Crippen LogP contribution < -0.4 is 10.2 Å². The number of pyridine rings is 1. The van der Waals surface area contributed by atoms with Gasteiger partial charge in [-0.25, -0.2) is 0 Å². The highest BCUT2D eigenvalue weighted by molar-refractivity contribution is 9.10. The second-order valence-corrected chi connectivity index (χ2v) is 6.20. The van der Waals surface area contributed by atoms with E-state index in [0.29, 0.717) is 20.7 Å². The lowest BCUT2D eigenvalue weighted by Crippen LogP contribution is -2.31. The molecule has 0 aliphatic heterocycles. The van der Waals surface area contributed by atoms with Gasteiger partial charge in [0.1, 0.15) is 11.2 Å². The summed E-state index contributed by atoms with van der Waals surface area (Å²) in [4.78, 5) is 16.8. The Morgan fingerprint density at radius 2 is 2.14 bits per heavy atom. The summed E-state index contributed by atoms with van der Waals surface area (Å²) in [6.45, 7) is 3.84. The highest BCUT2D eigenvalue weighted by Crippen LogP contribution is 2.27.